The molecule has 0 spiro atoms. The molecule has 1 atom stereocenters. The molecule has 0 bridgehead atoms. The van der Waals surface area contributed by atoms with Crippen molar-refractivity contribution in [2.75, 3.05) is 31.1 Å². The summed E-state index contributed by atoms with van der Waals surface area (Å²) in [6.07, 6.45) is -4.29. The average Bonchev–Trinajstić information content (AvgIpc) is 2.88. The van der Waals surface area contributed by atoms with Crippen molar-refractivity contribution in [2.24, 2.45) is 0 Å². The molecule has 1 aliphatic rings. The molecule has 3 heterocycles. The molecule has 0 radical (unpaired) electrons. The summed E-state index contributed by atoms with van der Waals surface area (Å²) in [5.74, 6) is -5.68. The van der Waals surface area contributed by atoms with Crippen LogP contribution in [0.1, 0.15) is 30.1 Å². The number of carbonyl (C=O) groups is 2. The zero-order valence-electron chi connectivity index (χ0n) is 20.9. The van der Waals surface area contributed by atoms with Crippen LogP contribution in [0.15, 0.2) is 35.3 Å². The van der Waals surface area contributed by atoms with E-state index >= 15 is 0 Å². The summed E-state index contributed by atoms with van der Waals surface area (Å²) >= 11 is 0. The number of nitrogens with one attached hydrogen (secondary N) is 1. The predicted molar refractivity (Wildman–Crippen MR) is 131 cm³/mol. The second kappa shape index (κ2) is 11.2. The fraction of sp³-hybridized carbons (Fsp3) is 0.360. The Balaban J connectivity index is 1.93. The summed E-state index contributed by atoms with van der Waals surface area (Å²) in [6, 6.07) is 0.182. The van der Waals surface area contributed by atoms with Gasteiger partial charge in [-0.25, -0.2) is 22.9 Å². The summed E-state index contributed by atoms with van der Waals surface area (Å²) in [5.41, 5.74) is -3.37. The lowest BCUT2D eigenvalue weighted by Crippen LogP contribution is -2.50. The highest BCUT2D eigenvalue weighted by Gasteiger charge is 2.40. The molecule has 1 aromatic carbocycles. The van der Waals surface area contributed by atoms with Crippen LogP contribution in [-0.4, -0.2) is 70.0 Å². The normalized spacial score (nSPS) is 15.1. The van der Waals surface area contributed by atoms with Crippen molar-refractivity contribution in [3.8, 4) is 5.69 Å². The third kappa shape index (κ3) is 5.46. The van der Waals surface area contributed by atoms with Gasteiger partial charge in [-0.15, -0.1) is 0 Å². The average molecular weight is 571 g/mol. The Bertz CT molecular complexity index is 1500. The zero-order chi connectivity index (χ0) is 29.4. The van der Waals surface area contributed by atoms with Crippen molar-refractivity contribution >= 4 is 28.8 Å². The third-order valence-electron chi connectivity index (χ3n) is 6.37. The molecule has 214 valence electrons. The van der Waals surface area contributed by atoms with Crippen LogP contribution < -0.4 is 15.6 Å². The number of nitrogens with zero attached hydrogens (tertiary/aromatic N) is 4. The number of fused-ring (bicyclic) bond motifs is 1. The molecule has 4 rings (SSSR count). The van der Waals surface area contributed by atoms with Crippen molar-refractivity contribution in [2.45, 2.75) is 32.0 Å². The highest BCUT2D eigenvalue weighted by atomic mass is 19.4. The van der Waals surface area contributed by atoms with E-state index in [0.29, 0.717) is 35.9 Å². The molecule has 0 unspecified atom stereocenters. The third-order valence-corrected chi connectivity index (χ3v) is 6.37. The number of aromatic nitrogens is 2. The number of aliphatic hydroxyl groups excluding tert-OH is 1. The molecule has 15 heteroatoms. The van der Waals surface area contributed by atoms with Gasteiger partial charge in [-0.3, -0.25) is 19.1 Å². The minimum Gasteiger partial charge on any atom is -0.395 e. The predicted octanol–water partition coefficient (Wildman–Crippen LogP) is 3.50. The van der Waals surface area contributed by atoms with Crippen LogP contribution in [0.25, 0.3) is 16.7 Å². The monoisotopic (exact) mass is 571 g/mol. The molecule has 40 heavy (non-hydrogen) atoms. The zero-order valence-corrected chi connectivity index (χ0v) is 20.9. The topological polar surface area (TPSA) is 108 Å². The van der Waals surface area contributed by atoms with Gasteiger partial charge in [0, 0.05) is 38.0 Å². The lowest BCUT2D eigenvalue weighted by molar-refractivity contribution is -0.153. The van der Waals surface area contributed by atoms with Crippen molar-refractivity contribution in [3.05, 3.63) is 63.7 Å². The molecule has 3 aromatic rings. The smallest absolute Gasteiger partial charge is 0.395 e. The highest BCUT2D eigenvalue weighted by molar-refractivity contribution is 5.98. The standard InChI is InChI=1S/C25H23F6N5O4/c1-2-18(25(29,30)31)32-23(39)15-12-36(20-16(27)10-13(26)11-17(20)28)22-14(21(15)38)4-5-19(33-22)35-7-3-6-34(8-9-37)24(35)40/h4-5,10-12,18,37H,2-3,6-9H2,1H3,(H,32,39)/t18-/m0/s1. The first-order valence-corrected chi connectivity index (χ1v) is 12.1. The molecule has 0 saturated carbocycles. The lowest BCUT2D eigenvalue weighted by Gasteiger charge is -2.34. The molecule has 2 aromatic heterocycles. The quantitative estimate of drug-likeness (QED) is 0.423. The van der Waals surface area contributed by atoms with Crippen LogP contribution in [0.4, 0.5) is 37.0 Å². The maximum absolute atomic E-state index is 14.9. The first-order chi connectivity index (χ1) is 18.9. The maximum Gasteiger partial charge on any atom is 0.408 e. The van der Waals surface area contributed by atoms with E-state index in [4.69, 9.17) is 0 Å². The van der Waals surface area contributed by atoms with Gasteiger partial charge < -0.3 is 15.3 Å². The van der Waals surface area contributed by atoms with Gasteiger partial charge in [0.15, 0.2) is 17.3 Å². The molecule has 9 nitrogen and oxygen atoms in total. The molecule has 3 amide bonds. The Morgan fingerprint density at radius 2 is 1.80 bits per heavy atom. The van der Waals surface area contributed by atoms with Crippen LogP contribution in [0.3, 0.4) is 0 Å². The molecule has 2 N–H and O–H groups in total. The first-order valence-electron chi connectivity index (χ1n) is 12.1. The molecule has 1 fully saturated rings. The Morgan fingerprint density at radius 3 is 2.40 bits per heavy atom. The second-order valence-corrected chi connectivity index (χ2v) is 8.97. The molecular formula is C25H23F6N5O4. The lowest BCUT2D eigenvalue weighted by atomic mass is 10.1. The van der Waals surface area contributed by atoms with E-state index in [1.54, 1.807) is 5.32 Å². The van der Waals surface area contributed by atoms with Crippen molar-refractivity contribution in [1.82, 2.24) is 19.8 Å². The van der Waals surface area contributed by atoms with E-state index in [1.165, 1.54) is 15.9 Å². The fourth-order valence-corrected chi connectivity index (χ4v) is 4.41. The Morgan fingerprint density at radius 1 is 1.12 bits per heavy atom. The number of rotatable bonds is 7. The Labute approximate surface area is 222 Å². The summed E-state index contributed by atoms with van der Waals surface area (Å²) in [6.45, 7) is 1.43. The van der Waals surface area contributed by atoms with E-state index in [-0.39, 0.29) is 25.5 Å². The number of β-amino-alcohol motifs (C(OH)–C–C–N with tert-alkyl or cyclic N) is 1. The van der Waals surface area contributed by atoms with Gasteiger partial charge in [-0.2, -0.15) is 13.2 Å². The van der Waals surface area contributed by atoms with E-state index in [0.717, 1.165) is 13.0 Å². The first kappa shape index (κ1) is 28.9. The van der Waals surface area contributed by atoms with Gasteiger partial charge in [-0.05, 0) is 25.0 Å². The van der Waals surface area contributed by atoms with Gasteiger partial charge in [0.1, 0.15) is 28.9 Å². The number of benzene rings is 1. The Hall–Kier alpha value is -4.14. The molecule has 1 saturated heterocycles. The van der Waals surface area contributed by atoms with Crippen LogP contribution in [0.5, 0.6) is 0 Å². The number of alkyl halides is 3. The second-order valence-electron chi connectivity index (χ2n) is 8.97. The van der Waals surface area contributed by atoms with Crippen molar-refractivity contribution in [3.63, 3.8) is 0 Å². The number of amides is 3. The number of carbonyl (C=O) groups excluding carboxylic acids is 2. The van der Waals surface area contributed by atoms with Gasteiger partial charge >= 0.3 is 12.2 Å². The van der Waals surface area contributed by atoms with Crippen LogP contribution in [-0.2, 0) is 0 Å². The van der Waals surface area contributed by atoms with Crippen LogP contribution >= 0.6 is 0 Å². The van der Waals surface area contributed by atoms with E-state index in [1.807, 2.05) is 0 Å². The number of anilines is 1. The maximum atomic E-state index is 14.9. The van der Waals surface area contributed by atoms with Gasteiger partial charge in [0.05, 0.1) is 12.0 Å². The van der Waals surface area contributed by atoms with Crippen molar-refractivity contribution in [1.29, 1.82) is 0 Å². The Kier molecular flexibility index (Phi) is 8.05. The largest absolute Gasteiger partial charge is 0.408 e. The molecule has 0 aliphatic carbocycles. The van der Waals surface area contributed by atoms with Crippen molar-refractivity contribution < 1.29 is 41.0 Å². The number of halogens is 6. The van der Waals surface area contributed by atoms with Crippen LogP contribution in [0.2, 0.25) is 0 Å². The summed E-state index contributed by atoms with van der Waals surface area (Å²) in [5, 5.41) is 10.5. The fourth-order valence-electron chi connectivity index (χ4n) is 4.41. The van der Waals surface area contributed by atoms with Gasteiger partial charge in [0.2, 0.25) is 5.43 Å². The minimum atomic E-state index is -4.84. The number of hydrogen-bond acceptors (Lipinski definition) is 5. The van der Waals surface area contributed by atoms with Gasteiger partial charge in [0.25, 0.3) is 5.91 Å². The highest BCUT2D eigenvalue weighted by Crippen LogP contribution is 2.27. The van der Waals surface area contributed by atoms with E-state index in [2.05, 4.69) is 4.98 Å². The minimum absolute atomic E-state index is 0.0365. The number of pyridine rings is 2. The van der Waals surface area contributed by atoms with Crippen LogP contribution in [0, 0.1) is 17.5 Å². The van der Waals surface area contributed by atoms with Gasteiger partial charge in [-0.1, -0.05) is 6.92 Å². The number of aliphatic hydroxyl groups is 1. The number of urea groups is 1. The summed E-state index contributed by atoms with van der Waals surface area (Å²) < 4.78 is 83.9. The summed E-state index contributed by atoms with van der Waals surface area (Å²) in [4.78, 5) is 45.7. The number of hydrogen-bond donors (Lipinski definition) is 2. The van der Waals surface area contributed by atoms with E-state index < -0.39 is 75.7 Å². The molecular weight excluding hydrogens is 548 g/mol. The summed E-state index contributed by atoms with van der Waals surface area (Å²) in [7, 11) is 0. The van der Waals surface area contributed by atoms with E-state index in [9.17, 15) is 45.8 Å². The SMILES string of the molecule is CC[C@H](NC(=O)c1cn(-c2c(F)cc(F)cc2F)c2nc(N3CCCN(CCO)C3=O)ccc2c1=O)C(F)(F)F. The molecule has 1 aliphatic heterocycles.